The summed E-state index contributed by atoms with van der Waals surface area (Å²) in [4.78, 5) is 64.8. The lowest BCUT2D eigenvalue weighted by molar-refractivity contribution is -0.143. The van der Waals surface area contributed by atoms with Crippen LogP contribution < -0.4 is 27.4 Å². The molecule has 0 saturated carbocycles. The fourth-order valence-corrected chi connectivity index (χ4v) is 3.74. The average molecular weight is 519 g/mol. The lowest BCUT2D eigenvalue weighted by Crippen LogP contribution is -2.58. The minimum Gasteiger partial charge on any atom is -0.480 e. The minimum atomic E-state index is -1.48. The Labute approximate surface area is 213 Å². The number of para-hydroxylation sites is 1. The van der Waals surface area contributed by atoms with Crippen LogP contribution in [-0.2, 0) is 30.4 Å². The van der Waals surface area contributed by atoms with Gasteiger partial charge in [-0.2, -0.15) is 0 Å². The summed E-state index contributed by atoms with van der Waals surface area (Å²) >= 11 is 0. The molecule has 0 radical (unpaired) electrons. The molecule has 0 aliphatic rings. The SMILES string of the molecule is CC(C)CC(NC(=O)C(Cc1c[nH]c2ccccc12)NC(=O)C(CC(N)=O)NC(=O)C(N)CO)C(=O)O. The molecule has 4 atom stereocenters. The van der Waals surface area contributed by atoms with E-state index < -0.39 is 66.8 Å². The Morgan fingerprint density at radius 2 is 1.54 bits per heavy atom. The summed E-state index contributed by atoms with van der Waals surface area (Å²) in [7, 11) is 0. The number of H-pyrrole nitrogens is 1. The highest BCUT2D eigenvalue weighted by molar-refractivity contribution is 5.96. The maximum atomic E-state index is 13.2. The Balaban J connectivity index is 2.34. The van der Waals surface area contributed by atoms with E-state index in [4.69, 9.17) is 16.6 Å². The van der Waals surface area contributed by atoms with E-state index in [9.17, 15) is 29.1 Å². The molecule has 0 bridgehead atoms. The van der Waals surface area contributed by atoms with E-state index in [2.05, 4.69) is 20.9 Å². The molecular formula is C24H34N6O7. The number of aliphatic carboxylic acids is 1. The quantitative estimate of drug-likeness (QED) is 0.146. The summed E-state index contributed by atoms with van der Waals surface area (Å²) in [6.45, 7) is 2.91. The fraction of sp³-hybridized carbons (Fsp3) is 0.458. The zero-order valence-electron chi connectivity index (χ0n) is 20.7. The Kier molecular flexibility index (Phi) is 10.6. The molecule has 0 aliphatic carbocycles. The number of aromatic amines is 1. The Bertz CT molecular complexity index is 1130. The van der Waals surface area contributed by atoms with Crippen LogP contribution in [0.2, 0.25) is 0 Å². The molecule has 2 rings (SSSR count). The smallest absolute Gasteiger partial charge is 0.326 e. The molecule has 13 nitrogen and oxygen atoms in total. The second-order valence-corrected chi connectivity index (χ2v) is 9.17. The summed E-state index contributed by atoms with van der Waals surface area (Å²) in [5.74, 6) is -4.73. The molecule has 202 valence electrons. The topological polar surface area (TPSA) is 230 Å². The molecule has 10 N–H and O–H groups in total. The number of carbonyl (C=O) groups excluding carboxylic acids is 4. The van der Waals surface area contributed by atoms with Gasteiger partial charge in [0.25, 0.3) is 0 Å². The molecule has 0 spiro atoms. The number of nitrogens with one attached hydrogen (secondary N) is 4. The molecule has 4 amide bonds. The number of aliphatic hydroxyl groups excluding tert-OH is 1. The van der Waals surface area contributed by atoms with Crippen LogP contribution in [0.3, 0.4) is 0 Å². The lowest BCUT2D eigenvalue weighted by Gasteiger charge is -2.25. The van der Waals surface area contributed by atoms with Gasteiger partial charge in [0.15, 0.2) is 0 Å². The summed E-state index contributed by atoms with van der Waals surface area (Å²) in [6, 6.07) is 2.00. The van der Waals surface area contributed by atoms with E-state index in [1.165, 1.54) is 0 Å². The van der Waals surface area contributed by atoms with Crippen molar-refractivity contribution in [1.29, 1.82) is 0 Å². The summed E-state index contributed by atoms with van der Waals surface area (Å²) < 4.78 is 0. The molecule has 4 unspecified atom stereocenters. The molecule has 0 aliphatic heterocycles. The second kappa shape index (κ2) is 13.4. The van der Waals surface area contributed by atoms with Crippen molar-refractivity contribution in [2.75, 3.05) is 6.61 Å². The molecule has 2 aromatic rings. The molecule has 0 saturated heterocycles. The van der Waals surface area contributed by atoms with Gasteiger partial charge >= 0.3 is 5.97 Å². The van der Waals surface area contributed by atoms with Gasteiger partial charge in [-0.15, -0.1) is 0 Å². The van der Waals surface area contributed by atoms with Crippen molar-refractivity contribution in [1.82, 2.24) is 20.9 Å². The van der Waals surface area contributed by atoms with E-state index in [0.717, 1.165) is 10.9 Å². The number of hydrogen-bond acceptors (Lipinski definition) is 7. The van der Waals surface area contributed by atoms with Crippen molar-refractivity contribution in [3.8, 4) is 0 Å². The fourth-order valence-electron chi connectivity index (χ4n) is 3.74. The van der Waals surface area contributed by atoms with Gasteiger partial charge in [-0.25, -0.2) is 4.79 Å². The third-order valence-electron chi connectivity index (χ3n) is 5.63. The monoisotopic (exact) mass is 518 g/mol. The minimum absolute atomic E-state index is 0.0248. The van der Waals surface area contributed by atoms with Gasteiger partial charge in [-0.1, -0.05) is 32.0 Å². The number of benzene rings is 1. The third-order valence-corrected chi connectivity index (χ3v) is 5.63. The van der Waals surface area contributed by atoms with Crippen molar-refractivity contribution in [3.63, 3.8) is 0 Å². The zero-order valence-corrected chi connectivity index (χ0v) is 20.7. The molecule has 1 aromatic carbocycles. The maximum absolute atomic E-state index is 13.2. The number of hydrogen-bond donors (Lipinski definition) is 8. The second-order valence-electron chi connectivity index (χ2n) is 9.17. The first-order chi connectivity index (χ1) is 17.4. The first-order valence-corrected chi connectivity index (χ1v) is 11.8. The molecular weight excluding hydrogens is 484 g/mol. The van der Waals surface area contributed by atoms with Crippen molar-refractivity contribution in [3.05, 3.63) is 36.0 Å². The van der Waals surface area contributed by atoms with Gasteiger partial charge in [0, 0.05) is 23.5 Å². The first kappa shape index (κ1) is 29.3. The summed E-state index contributed by atoms with van der Waals surface area (Å²) in [5, 5.41) is 26.7. The van der Waals surface area contributed by atoms with E-state index in [1.807, 2.05) is 32.0 Å². The van der Waals surface area contributed by atoms with E-state index in [0.29, 0.717) is 5.56 Å². The lowest BCUT2D eigenvalue weighted by atomic mass is 10.0. The number of carboxylic acids is 1. The predicted octanol–water partition coefficient (Wildman–Crippen LogP) is -1.51. The van der Waals surface area contributed by atoms with Crippen LogP contribution in [0.4, 0.5) is 0 Å². The number of primary amides is 1. The number of nitrogens with two attached hydrogens (primary N) is 2. The van der Waals surface area contributed by atoms with Gasteiger partial charge < -0.3 is 42.6 Å². The number of aliphatic hydroxyl groups is 1. The highest BCUT2D eigenvalue weighted by Gasteiger charge is 2.31. The van der Waals surface area contributed by atoms with Crippen molar-refractivity contribution in [2.24, 2.45) is 17.4 Å². The predicted molar refractivity (Wildman–Crippen MR) is 134 cm³/mol. The molecule has 0 fully saturated rings. The van der Waals surface area contributed by atoms with E-state index in [-0.39, 0.29) is 18.8 Å². The molecule has 1 heterocycles. The van der Waals surface area contributed by atoms with Crippen LogP contribution in [0.1, 0.15) is 32.3 Å². The van der Waals surface area contributed by atoms with E-state index in [1.54, 1.807) is 12.3 Å². The zero-order chi connectivity index (χ0) is 27.7. The van der Waals surface area contributed by atoms with Crippen LogP contribution in [0.5, 0.6) is 0 Å². The van der Waals surface area contributed by atoms with Gasteiger partial charge in [-0.3, -0.25) is 19.2 Å². The maximum Gasteiger partial charge on any atom is 0.326 e. The number of carboxylic acid groups (broad SMARTS) is 1. The van der Waals surface area contributed by atoms with E-state index >= 15 is 0 Å². The number of aromatic nitrogens is 1. The highest BCUT2D eigenvalue weighted by Crippen LogP contribution is 2.19. The van der Waals surface area contributed by atoms with Gasteiger partial charge in [0.1, 0.15) is 24.2 Å². The number of fused-ring (bicyclic) bond motifs is 1. The molecule has 13 heteroatoms. The van der Waals surface area contributed by atoms with Crippen molar-refractivity contribution < 1.29 is 34.2 Å². The van der Waals surface area contributed by atoms with Gasteiger partial charge in [0.2, 0.25) is 23.6 Å². The standard InChI is InChI=1S/C24H34N6O7/c1-12(2)7-19(24(36)37)30-22(34)17(8-13-10-27-16-6-4-3-5-14(13)16)29-23(35)18(9-20(26)32)28-21(33)15(25)11-31/h3-6,10,12,15,17-19,27,31H,7-9,11,25H2,1-2H3,(H2,26,32)(H,28,33)(H,29,35)(H,30,34)(H,36,37). The van der Waals surface area contributed by atoms with Crippen LogP contribution in [0, 0.1) is 5.92 Å². The molecule has 1 aromatic heterocycles. The van der Waals surface area contributed by atoms with Crippen molar-refractivity contribution >= 4 is 40.5 Å². The highest BCUT2D eigenvalue weighted by atomic mass is 16.4. The average Bonchev–Trinajstić information content (AvgIpc) is 3.24. The number of rotatable bonds is 14. The Morgan fingerprint density at radius 1 is 0.946 bits per heavy atom. The largest absolute Gasteiger partial charge is 0.480 e. The Morgan fingerprint density at radius 3 is 2.14 bits per heavy atom. The molecule has 37 heavy (non-hydrogen) atoms. The summed E-state index contributed by atoms with van der Waals surface area (Å²) in [6.07, 6.45) is 1.21. The van der Waals surface area contributed by atoms with Gasteiger partial charge in [-0.05, 0) is 24.0 Å². The normalized spacial score (nSPS) is 14.4. The van der Waals surface area contributed by atoms with Crippen LogP contribution in [0.25, 0.3) is 10.9 Å². The van der Waals surface area contributed by atoms with Crippen LogP contribution in [0.15, 0.2) is 30.5 Å². The van der Waals surface area contributed by atoms with Gasteiger partial charge in [0.05, 0.1) is 13.0 Å². The number of amides is 4. The first-order valence-electron chi connectivity index (χ1n) is 11.8. The van der Waals surface area contributed by atoms with Crippen LogP contribution >= 0.6 is 0 Å². The number of carbonyl (C=O) groups is 5. The third kappa shape index (κ3) is 8.58. The Hall–Kier alpha value is -3.97. The van der Waals surface area contributed by atoms with Crippen molar-refractivity contribution in [2.45, 2.75) is 57.3 Å². The summed E-state index contributed by atoms with van der Waals surface area (Å²) in [5.41, 5.74) is 12.2. The van der Waals surface area contributed by atoms with Crippen LogP contribution in [-0.4, -0.2) is 75.6 Å².